The zero-order chi connectivity index (χ0) is 20.9. The van der Waals surface area contributed by atoms with Gasteiger partial charge < -0.3 is 14.8 Å². The smallest absolute Gasteiger partial charge is 0.339 e. The first-order valence-electron chi connectivity index (χ1n) is 9.81. The molecule has 0 spiro atoms. The number of aromatic nitrogens is 1. The highest BCUT2D eigenvalue weighted by atomic mass is 79.9. The van der Waals surface area contributed by atoms with Crippen molar-refractivity contribution in [3.8, 4) is 11.3 Å². The molecular formula is C23H21BrN2O4. The second-order valence-electron chi connectivity index (χ2n) is 7.10. The van der Waals surface area contributed by atoms with Crippen LogP contribution in [0.4, 0.5) is 0 Å². The predicted octanol–water partition coefficient (Wildman–Crippen LogP) is 4.12. The number of carbonyl (C=O) groups excluding carboxylic acids is 2. The van der Waals surface area contributed by atoms with E-state index in [1.165, 1.54) is 0 Å². The fourth-order valence-electron chi connectivity index (χ4n) is 3.43. The summed E-state index contributed by atoms with van der Waals surface area (Å²) in [4.78, 5) is 29.6. The van der Waals surface area contributed by atoms with Gasteiger partial charge in [-0.25, -0.2) is 9.78 Å². The highest BCUT2D eigenvalue weighted by molar-refractivity contribution is 9.10. The summed E-state index contributed by atoms with van der Waals surface area (Å²) < 4.78 is 11.7. The normalized spacial score (nSPS) is 15.8. The lowest BCUT2D eigenvalue weighted by molar-refractivity contribution is -0.124. The Morgan fingerprint density at radius 1 is 1.17 bits per heavy atom. The number of hydrogen-bond acceptors (Lipinski definition) is 5. The minimum atomic E-state index is -0.558. The van der Waals surface area contributed by atoms with Crippen LogP contribution < -0.4 is 5.32 Å². The largest absolute Gasteiger partial charge is 0.452 e. The Labute approximate surface area is 182 Å². The first-order chi connectivity index (χ1) is 14.6. The summed E-state index contributed by atoms with van der Waals surface area (Å²) in [5.74, 6) is -0.901. The molecule has 154 valence electrons. The molecule has 1 N–H and O–H groups in total. The minimum absolute atomic E-state index is 0.0431. The van der Waals surface area contributed by atoms with E-state index in [9.17, 15) is 9.59 Å². The lowest BCUT2D eigenvalue weighted by Crippen LogP contribution is -2.34. The van der Waals surface area contributed by atoms with Crippen molar-refractivity contribution in [1.29, 1.82) is 0 Å². The van der Waals surface area contributed by atoms with Gasteiger partial charge in [-0.3, -0.25) is 4.79 Å². The number of rotatable bonds is 6. The monoisotopic (exact) mass is 468 g/mol. The Bertz CT molecular complexity index is 1080. The Morgan fingerprint density at radius 2 is 2.03 bits per heavy atom. The van der Waals surface area contributed by atoms with Gasteiger partial charge in [0.15, 0.2) is 6.61 Å². The molecule has 30 heavy (non-hydrogen) atoms. The van der Waals surface area contributed by atoms with Gasteiger partial charge in [-0.15, -0.1) is 0 Å². The first-order valence-corrected chi connectivity index (χ1v) is 10.6. The van der Waals surface area contributed by atoms with E-state index >= 15 is 0 Å². The number of halogens is 1. The average molecular weight is 469 g/mol. The molecule has 0 aliphatic carbocycles. The molecule has 0 radical (unpaired) electrons. The van der Waals surface area contributed by atoms with Crippen LogP contribution in [0.2, 0.25) is 0 Å². The molecular weight excluding hydrogens is 448 g/mol. The highest BCUT2D eigenvalue weighted by Crippen LogP contribution is 2.27. The lowest BCUT2D eigenvalue weighted by atomic mass is 10.0. The van der Waals surface area contributed by atoms with Gasteiger partial charge >= 0.3 is 5.97 Å². The van der Waals surface area contributed by atoms with Crippen LogP contribution in [0, 0.1) is 0 Å². The van der Waals surface area contributed by atoms with Crippen molar-refractivity contribution in [2.24, 2.45) is 0 Å². The molecule has 2 heterocycles. The molecule has 4 rings (SSSR count). The number of nitrogens with one attached hydrogen (secondary N) is 1. The van der Waals surface area contributed by atoms with E-state index in [0.717, 1.165) is 29.5 Å². The van der Waals surface area contributed by atoms with E-state index in [2.05, 4.69) is 26.2 Å². The number of nitrogens with zero attached hydrogens (tertiary/aromatic N) is 1. The molecule has 0 unspecified atom stereocenters. The molecule has 1 atom stereocenters. The van der Waals surface area contributed by atoms with Gasteiger partial charge in [0.1, 0.15) is 0 Å². The highest BCUT2D eigenvalue weighted by Gasteiger charge is 2.19. The lowest BCUT2D eigenvalue weighted by Gasteiger charge is -2.12. The molecule has 2 aromatic carbocycles. The predicted molar refractivity (Wildman–Crippen MR) is 117 cm³/mol. The molecule has 1 fully saturated rings. The zero-order valence-electron chi connectivity index (χ0n) is 16.3. The maximum atomic E-state index is 12.8. The summed E-state index contributed by atoms with van der Waals surface area (Å²) in [7, 11) is 0. The molecule has 1 saturated heterocycles. The Balaban J connectivity index is 1.51. The van der Waals surface area contributed by atoms with Crippen molar-refractivity contribution in [1.82, 2.24) is 10.3 Å². The fourth-order valence-corrected chi connectivity index (χ4v) is 3.83. The SMILES string of the molecule is O=C(COC(=O)c1cc(-c2cccc(Br)c2)nc2ccccc12)NC[C@H]1CCCO1. The third-order valence-electron chi connectivity index (χ3n) is 4.94. The first kappa shape index (κ1) is 20.5. The second kappa shape index (κ2) is 9.36. The third kappa shape index (κ3) is 4.86. The van der Waals surface area contributed by atoms with Crippen LogP contribution in [0.1, 0.15) is 23.2 Å². The molecule has 0 bridgehead atoms. The van der Waals surface area contributed by atoms with E-state index in [1.807, 2.05) is 48.5 Å². The Kier molecular flexibility index (Phi) is 6.40. The van der Waals surface area contributed by atoms with Crippen LogP contribution >= 0.6 is 15.9 Å². The van der Waals surface area contributed by atoms with Crippen molar-refractivity contribution in [2.45, 2.75) is 18.9 Å². The van der Waals surface area contributed by atoms with Crippen molar-refractivity contribution < 1.29 is 19.1 Å². The maximum absolute atomic E-state index is 12.8. The summed E-state index contributed by atoms with van der Waals surface area (Å²) in [5.41, 5.74) is 2.59. The number of amides is 1. The van der Waals surface area contributed by atoms with Gasteiger partial charge in [0.05, 0.1) is 22.9 Å². The number of para-hydroxylation sites is 1. The third-order valence-corrected chi connectivity index (χ3v) is 5.43. The molecule has 1 aromatic heterocycles. The number of carbonyl (C=O) groups is 2. The van der Waals surface area contributed by atoms with Crippen LogP contribution in [-0.4, -0.2) is 42.7 Å². The maximum Gasteiger partial charge on any atom is 0.339 e. The number of ether oxygens (including phenoxy) is 2. The topological polar surface area (TPSA) is 77.5 Å². The molecule has 6 nitrogen and oxygen atoms in total. The summed E-state index contributed by atoms with van der Waals surface area (Å²) in [6, 6.07) is 16.8. The van der Waals surface area contributed by atoms with Crippen molar-refractivity contribution >= 4 is 38.7 Å². The van der Waals surface area contributed by atoms with Crippen molar-refractivity contribution in [2.75, 3.05) is 19.8 Å². The van der Waals surface area contributed by atoms with Crippen LogP contribution in [-0.2, 0) is 14.3 Å². The number of esters is 1. The van der Waals surface area contributed by atoms with E-state index in [1.54, 1.807) is 6.07 Å². The van der Waals surface area contributed by atoms with Crippen LogP contribution in [0.3, 0.4) is 0 Å². The number of hydrogen-bond donors (Lipinski definition) is 1. The van der Waals surface area contributed by atoms with Crippen LogP contribution in [0.5, 0.6) is 0 Å². The molecule has 3 aromatic rings. The van der Waals surface area contributed by atoms with Gasteiger partial charge in [-0.05, 0) is 37.1 Å². The van der Waals surface area contributed by atoms with Gasteiger partial charge in [0, 0.05) is 28.6 Å². The summed E-state index contributed by atoms with van der Waals surface area (Å²) >= 11 is 3.46. The van der Waals surface area contributed by atoms with Gasteiger partial charge in [0.2, 0.25) is 0 Å². The Hall–Kier alpha value is -2.77. The van der Waals surface area contributed by atoms with Gasteiger partial charge in [-0.2, -0.15) is 0 Å². The molecule has 1 amide bonds. The average Bonchev–Trinajstić information content (AvgIpc) is 3.29. The van der Waals surface area contributed by atoms with Crippen LogP contribution in [0.25, 0.3) is 22.2 Å². The standard InChI is InChI=1S/C23H21BrN2O4/c24-16-6-3-5-15(11-16)21-12-19(18-8-1-2-9-20(18)26-21)23(28)30-14-22(27)25-13-17-7-4-10-29-17/h1-3,5-6,8-9,11-12,17H,4,7,10,13-14H2,(H,25,27)/t17-/m1/s1. The molecule has 7 heteroatoms. The van der Waals surface area contributed by atoms with E-state index in [4.69, 9.17) is 9.47 Å². The van der Waals surface area contributed by atoms with Gasteiger partial charge in [0.25, 0.3) is 5.91 Å². The molecule has 1 aliphatic rings. The summed E-state index contributed by atoms with van der Waals surface area (Å²) in [6.07, 6.45) is 1.98. The Morgan fingerprint density at radius 3 is 2.83 bits per heavy atom. The number of pyridine rings is 1. The fraction of sp³-hybridized carbons (Fsp3) is 0.261. The van der Waals surface area contributed by atoms with Crippen molar-refractivity contribution in [3.05, 3.63) is 64.6 Å². The second-order valence-corrected chi connectivity index (χ2v) is 8.01. The minimum Gasteiger partial charge on any atom is -0.452 e. The van der Waals surface area contributed by atoms with Crippen LogP contribution in [0.15, 0.2) is 59.1 Å². The van der Waals surface area contributed by atoms with Gasteiger partial charge in [-0.1, -0.05) is 46.3 Å². The molecule has 1 aliphatic heterocycles. The summed E-state index contributed by atoms with van der Waals surface area (Å²) in [6.45, 7) is 0.820. The van der Waals surface area contributed by atoms with E-state index in [0.29, 0.717) is 28.7 Å². The number of fused-ring (bicyclic) bond motifs is 1. The van der Waals surface area contributed by atoms with Crippen molar-refractivity contribution in [3.63, 3.8) is 0 Å². The number of benzene rings is 2. The summed E-state index contributed by atoms with van der Waals surface area (Å²) in [5, 5.41) is 3.43. The van der Waals surface area contributed by atoms with E-state index in [-0.39, 0.29) is 18.6 Å². The zero-order valence-corrected chi connectivity index (χ0v) is 17.9. The quantitative estimate of drug-likeness (QED) is 0.550. The molecule has 0 saturated carbocycles. The van der Waals surface area contributed by atoms with E-state index < -0.39 is 5.97 Å².